The molecule has 2 aromatic carbocycles. The lowest BCUT2D eigenvalue weighted by Crippen LogP contribution is -2.45. The number of fused-ring (bicyclic) bond motifs is 2. The Kier molecular flexibility index (Phi) is 7.20. The lowest BCUT2D eigenvalue weighted by molar-refractivity contribution is -0.274. The number of alkyl halides is 3. The zero-order valence-electron chi connectivity index (χ0n) is 23.8. The van der Waals surface area contributed by atoms with Crippen molar-refractivity contribution in [3.05, 3.63) is 92.1 Å². The highest BCUT2D eigenvalue weighted by atomic mass is 19.4. The third kappa shape index (κ3) is 5.71. The maximum Gasteiger partial charge on any atom is 0.573 e. The van der Waals surface area contributed by atoms with Crippen LogP contribution in [-0.4, -0.2) is 44.5 Å². The number of aromatic amines is 1. The van der Waals surface area contributed by atoms with Gasteiger partial charge in [0.05, 0.1) is 18.4 Å². The summed E-state index contributed by atoms with van der Waals surface area (Å²) in [6.45, 7) is 7.26. The summed E-state index contributed by atoms with van der Waals surface area (Å²) in [5.41, 5.74) is 1.02. The summed E-state index contributed by atoms with van der Waals surface area (Å²) >= 11 is 0. The number of benzene rings is 2. The Bertz CT molecular complexity index is 1880. The van der Waals surface area contributed by atoms with E-state index in [1.165, 1.54) is 18.2 Å². The van der Waals surface area contributed by atoms with Crippen LogP contribution in [0.15, 0.2) is 62.6 Å². The van der Waals surface area contributed by atoms with Gasteiger partial charge in [0.15, 0.2) is 0 Å². The van der Waals surface area contributed by atoms with E-state index in [0.29, 0.717) is 22.7 Å². The van der Waals surface area contributed by atoms with E-state index in [0.717, 1.165) is 48.9 Å². The van der Waals surface area contributed by atoms with Crippen molar-refractivity contribution in [1.82, 2.24) is 19.9 Å². The van der Waals surface area contributed by atoms with Gasteiger partial charge in [0, 0.05) is 34.8 Å². The molecular formula is C31H27F3N6O5. The van der Waals surface area contributed by atoms with Gasteiger partial charge in [-0.2, -0.15) is 0 Å². The van der Waals surface area contributed by atoms with Crippen LogP contribution in [0.4, 0.5) is 24.7 Å². The van der Waals surface area contributed by atoms with E-state index in [4.69, 9.17) is 15.8 Å². The Morgan fingerprint density at radius 1 is 1.00 bits per heavy atom. The molecule has 2 aromatic heterocycles. The quantitative estimate of drug-likeness (QED) is 0.252. The molecule has 3 aliphatic rings. The van der Waals surface area contributed by atoms with Crippen molar-refractivity contribution in [2.45, 2.75) is 75.6 Å². The Labute approximate surface area is 254 Å². The van der Waals surface area contributed by atoms with Crippen LogP contribution < -0.4 is 20.9 Å². The smallest absolute Gasteiger partial charge is 0.405 e. The number of aromatic nitrogens is 4. The van der Waals surface area contributed by atoms with Crippen LogP contribution in [0.25, 0.3) is 21.8 Å². The molecule has 2 saturated heterocycles. The normalized spacial score (nSPS) is 21.1. The van der Waals surface area contributed by atoms with Crippen molar-refractivity contribution in [2.75, 3.05) is 4.90 Å². The van der Waals surface area contributed by atoms with Gasteiger partial charge in [-0.25, -0.2) is 4.79 Å². The number of para-hydroxylation sites is 1. The maximum atomic E-state index is 13.1. The number of anilines is 1. The average Bonchev–Trinajstić information content (AvgIpc) is 3.71. The molecule has 2 aliphatic heterocycles. The predicted octanol–water partition coefficient (Wildman–Crippen LogP) is 5.62. The Morgan fingerprint density at radius 3 is 2.36 bits per heavy atom. The molecular weight excluding hydrogens is 593 g/mol. The van der Waals surface area contributed by atoms with E-state index in [1.54, 1.807) is 18.2 Å². The van der Waals surface area contributed by atoms with Crippen molar-refractivity contribution in [2.24, 2.45) is 0 Å². The highest BCUT2D eigenvalue weighted by Crippen LogP contribution is 2.46. The largest absolute Gasteiger partial charge is 0.573 e. The third-order valence-corrected chi connectivity index (χ3v) is 8.60. The molecule has 4 aromatic rings. The lowest BCUT2D eigenvalue weighted by Gasteiger charge is -2.40. The van der Waals surface area contributed by atoms with E-state index in [-0.39, 0.29) is 42.0 Å². The Hall–Kier alpha value is -4.90. The molecule has 3 fully saturated rings. The van der Waals surface area contributed by atoms with E-state index in [1.807, 2.05) is 12.1 Å². The molecule has 1 N–H and O–H groups in total. The van der Waals surface area contributed by atoms with Gasteiger partial charge >= 0.3 is 17.9 Å². The van der Waals surface area contributed by atoms with Crippen LogP contribution in [0.2, 0.25) is 0 Å². The summed E-state index contributed by atoms with van der Waals surface area (Å²) in [4.78, 5) is 31.5. The first-order valence-electron chi connectivity index (χ1n) is 14.6. The van der Waals surface area contributed by atoms with Crippen LogP contribution in [0.5, 0.6) is 5.75 Å². The minimum Gasteiger partial charge on any atom is -0.405 e. The van der Waals surface area contributed by atoms with E-state index < -0.39 is 23.4 Å². The summed E-state index contributed by atoms with van der Waals surface area (Å²) in [6, 6.07) is 13.6. The van der Waals surface area contributed by atoms with Gasteiger partial charge < -0.3 is 23.7 Å². The maximum absolute atomic E-state index is 13.1. The minimum absolute atomic E-state index is 0.0644. The predicted molar refractivity (Wildman–Crippen MR) is 154 cm³/mol. The Morgan fingerprint density at radius 2 is 1.69 bits per heavy atom. The number of ether oxygens (including phenoxy) is 2. The molecule has 4 heterocycles. The van der Waals surface area contributed by atoms with Gasteiger partial charge in [0.25, 0.3) is 5.56 Å². The van der Waals surface area contributed by atoms with Crippen molar-refractivity contribution in [3.8, 4) is 22.7 Å². The molecule has 7 rings (SSSR count). The minimum atomic E-state index is -4.85. The number of H-pyrrole nitrogens is 1. The molecule has 0 amide bonds. The fraction of sp³-hybridized carbons (Fsp3) is 0.387. The van der Waals surface area contributed by atoms with Gasteiger partial charge in [-0.1, -0.05) is 23.9 Å². The summed E-state index contributed by atoms with van der Waals surface area (Å²) in [7, 11) is 0. The molecule has 1 saturated carbocycles. The first-order valence-corrected chi connectivity index (χ1v) is 14.6. The molecule has 232 valence electrons. The molecule has 45 heavy (non-hydrogen) atoms. The summed E-state index contributed by atoms with van der Waals surface area (Å²) in [5.74, 6) is 0.0798. The molecule has 2 bridgehead atoms. The second kappa shape index (κ2) is 11.2. The number of hydrogen-bond acceptors (Lipinski definition) is 8. The molecule has 0 spiro atoms. The molecule has 0 radical (unpaired) electrons. The number of halogens is 3. The summed E-state index contributed by atoms with van der Waals surface area (Å²) in [5, 5.41) is 8.05. The zero-order chi connectivity index (χ0) is 31.3. The highest BCUT2D eigenvalue weighted by molar-refractivity contribution is 5.70. The fourth-order valence-electron chi connectivity index (χ4n) is 6.51. The zero-order valence-corrected chi connectivity index (χ0v) is 23.8. The first kappa shape index (κ1) is 28.8. The highest BCUT2D eigenvalue weighted by Gasteiger charge is 2.42. The van der Waals surface area contributed by atoms with Crippen molar-refractivity contribution in [3.63, 3.8) is 0 Å². The lowest BCUT2D eigenvalue weighted by atomic mass is 9.98. The number of nitrogens with one attached hydrogen (secondary N) is 1. The number of piperidine rings is 1. The van der Waals surface area contributed by atoms with E-state index in [2.05, 4.69) is 29.7 Å². The number of rotatable bonds is 8. The summed E-state index contributed by atoms with van der Waals surface area (Å²) < 4.78 is 56.8. The van der Waals surface area contributed by atoms with Gasteiger partial charge in [0.1, 0.15) is 17.2 Å². The Balaban J connectivity index is 1.07. The SMILES string of the molecule is [C-]#[N+]c1nn(-c2ccc(N3[C@@H]4CC[C@H]3CC(OCc3c(-c5ccccc5OC(F)(F)F)noc3C3CC3)C4)cc2)c(=O)[nH]c1=O. The second-order valence-corrected chi connectivity index (χ2v) is 11.5. The molecule has 1 aliphatic carbocycles. The van der Waals surface area contributed by atoms with Crippen molar-refractivity contribution >= 4 is 11.5 Å². The van der Waals surface area contributed by atoms with Crippen LogP contribution in [-0.2, 0) is 11.3 Å². The van der Waals surface area contributed by atoms with Crippen LogP contribution in [0.1, 0.15) is 55.8 Å². The topological polar surface area (TPSA) is 120 Å². The summed E-state index contributed by atoms with van der Waals surface area (Å²) in [6.07, 6.45) is 0.439. The standard InChI is InChI=1S/C31H27F3N6O5/c1-35-28-29(41)36-30(42)40(37-28)19-10-8-18(9-11-19)39-20-12-13-21(39)15-22(14-20)43-16-24-26(38-45-27(24)17-6-7-17)23-4-2-3-5-25(23)44-31(32,33)34/h2-5,8-11,17,20-22H,6-7,12-16H2,(H,36,41,42)/t20-,21+,22?. The number of nitrogens with zero attached hydrogens (tertiary/aromatic N) is 5. The van der Waals surface area contributed by atoms with E-state index >= 15 is 0 Å². The van der Waals surface area contributed by atoms with Crippen molar-refractivity contribution < 1.29 is 27.2 Å². The average molecular weight is 621 g/mol. The van der Waals surface area contributed by atoms with Crippen LogP contribution in [0, 0.1) is 6.57 Å². The van der Waals surface area contributed by atoms with Crippen LogP contribution in [0.3, 0.4) is 0 Å². The van der Waals surface area contributed by atoms with Gasteiger partial charge in [-0.15, -0.1) is 17.9 Å². The van der Waals surface area contributed by atoms with E-state index in [9.17, 15) is 22.8 Å². The third-order valence-electron chi connectivity index (χ3n) is 8.60. The first-order chi connectivity index (χ1) is 21.7. The fourth-order valence-corrected chi connectivity index (χ4v) is 6.51. The molecule has 11 nitrogen and oxygen atoms in total. The number of hydrogen-bond donors (Lipinski definition) is 1. The molecule has 3 atom stereocenters. The molecule has 1 unspecified atom stereocenters. The van der Waals surface area contributed by atoms with Crippen LogP contribution >= 0.6 is 0 Å². The molecule has 14 heteroatoms. The van der Waals surface area contributed by atoms with Gasteiger partial charge in [-0.3, -0.25) is 9.78 Å². The van der Waals surface area contributed by atoms with Gasteiger partial charge in [-0.05, 0) is 80.0 Å². The monoisotopic (exact) mass is 620 g/mol. The second-order valence-electron chi connectivity index (χ2n) is 11.5. The van der Waals surface area contributed by atoms with Crippen molar-refractivity contribution in [1.29, 1.82) is 0 Å². The van der Waals surface area contributed by atoms with Gasteiger partial charge in [0.2, 0.25) is 0 Å².